The molecule has 0 saturated heterocycles. The van der Waals surface area contributed by atoms with Gasteiger partial charge in [-0.15, -0.1) is 0 Å². The summed E-state index contributed by atoms with van der Waals surface area (Å²) in [5.41, 5.74) is 0.231. The predicted molar refractivity (Wildman–Crippen MR) is 49.7 cm³/mol. The van der Waals surface area contributed by atoms with Gasteiger partial charge in [-0.2, -0.15) is 11.8 Å². The van der Waals surface area contributed by atoms with Crippen molar-refractivity contribution in [2.75, 3.05) is 12.9 Å². The maximum atomic E-state index is 10.9. The molecule has 0 aliphatic heterocycles. The van der Waals surface area contributed by atoms with Crippen LogP contribution in [0.25, 0.3) is 0 Å². The minimum atomic E-state index is -0.462. The highest BCUT2D eigenvalue weighted by Gasteiger charge is 2.11. The number of hydrogen-bond donors (Lipinski definition) is 0. The first-order chi connectivity index (χ1) is 6.27. The summed E-state index contributed by atoms with van der Waals surface area (Å²) in [7, 11) is 1.32. The van der Waals surface area contributed by atoms with Crippen LogP contribution in [0.1, 0.15) is 23.2 Å². The van der Waals surface area contributed by atoms with E-state index in [1.165, 1.54) is 7.11 Å². The molecule has 1 heterocycles. The highest BCUT2D eigenvalue weighted by molar-refractivity contribution is 7.98. The van der Waals surface area contributed by atoms with Crippen molar-refractivity contribution >= 4 is 17.7 Å². The Labute approximate surface area is 80.6 Å². The fourth-order valence-electron chi connectivity index (χ4n) is 0.784. The third-order valence-corrected chi connectivity index (χ3v) is 2.30. The Balaban J connectivity index is 2.58. The third kappa shape index (κ3) is 2.77. The van der Waals surface area contributed by atoms with Crippen LogP contribution in [-0.2, 0) is 10.5 Å². The van der Waals surface area contributed by atoms with Crippen LogP contribution < -0.4 is 0 Å². The standard InChI is InChI=1S/C8H11NO3S/c1-3-13-5-6-4-7(9-12-6)8(10)11-2/h4H,3,5H2,1-2H3. The molecule has 0 spiro atoms. The van der Waals surface area contributed by atoms with E-state index in [1.807, 2.05) is 0 Å². The van der Waals surface area contributed by atoms with Crippen molar-refractivity contribution in [3.63, 3.8) is 0 Å². The van der Waals surface area contributed by atoms with Crippen molar-refractivity contribution in [3.05, 3.63) is 17.5 Å². The van der Waals surface area contributed by atoms with E-state index in [2.05, 4.69) is 16.8 Å². The van der Waals surface area contributed by atoms with E-state index >= 15 is 0 Å². The first-order valence-corrected chi connectivity index (χ1v) is 5.05. The molecule has 5 heteroatoms. The van der Waals surface area contributed by atoms with E-state index in [0.29, 0.717) is 5.76 Å². The van der Waals surface area contributed by atoms with Crippen molar-refractivity contribution < 1.29 is 14.1 Å². The Morgan fingerprint density at radius 3 is 3.15 bits per heavy atom. The summed E-state index contributed by atoms with van der Waals surface area (Å²) >= 11 is 1.71. The van der Waals surface area contributed by atoms with Crippen LogP contribution in [0, 0.1) is 0 Å². The van der Waals surface area contributed by atoms with Gasteiger partial charge >= 0.3 is 5.97 Å². The topological polar surface area (TPSA) is 52.3 Å². The lowest BCUT2D eigenvalue weighted by Gasteiger charge is -1.90. The number of hydrogen-bond acceptors (Lipinski definition) is 5. The average molecular weight is 201 g/mol. The Hall–Kier alpha value is -0.970. The largest absolute Gasteiger partial charge is 0.464 e. The molecule has 4 nitrogen and oxygen atoms in total. The van der Waals surface area contributed by atoms with Crippen LogP contribution in [0.3, 0.4) is 0 Å². The van der Waals surface area contributed by atoms with Gasteiger partial charge < -0.3 is 9.26 Å². The Morgan fingerprint density at radius 2 is 2.54 bits per heavy atom. The lowest BCUT2D eigenvalue weighted by molar-refractivity contribution is 0.0589. The van der Waals surface area contributed by atoms with E-state index in [-0.39, 0.29) is 5.69 Å². The smallest absolute Gasteiger partial charge is 0.360 e. The van der Waals surface area contributed by atoms with Gasteiger partial charge in [-0.05, 0) is 5.75 Å². The van der Waals surface area contributed by atoms with Gasteiger partial charge in [0, 0.05) is 6.07 Å². The maximum Gasteiger partial charge on any atom is 0.360 e. The molecule has 0 saturated carbocycles. The number of nitrogens with zero attached hydrogens (tertiary/aromatic N) is 1. The lowest BCUT2D eigenvalue weighted by Crippen LogP contribution is -2.00. The Kier molecular flexibility index (Phi) is 3.82. The lowest BCUT2D eigenvalue weighted by atomic mass is 10.4. The zero-order valence-electron chi connectivity index (χ0n) is 7.57. The summed E-state index contributed by atoms with van der Waals surface area (Å²) in [6, 6.07) is 1.61. The quantitative estimate of drug-likeness (QED) is 0.694. The normalized spacial score (nSPS) is 10.0. The molecule has 0 atom stereocenters. The van der Waals surface area contributed by atoms with E-state index < -0.39 is 5.97 Å². The second kappa shape index (κ2) is 4.91. The molecule has 1 rings (SSSR count). The molecule has 0 amide bonds. The second-order valence-electron chi connectivity index (χ2n) is 2.31. The van der Waals surface area contributed by atoms with E-state index in [9.17, 15) is 4.79 Å². The van der Waals surface area contributed by atoms with Crippen molar-refractivity contribution in [1.29, 1.82) is 0 Å². The summed E-state index contributed by atoms with van der Waals surface area (Å²) in [6.45, 7) is 2.06. The van der Waals surface area contributed by atoms with E-state index in [1.54, 1.807) is 17.8 Å². The van der Waals surface area contributed by atoms with E-state index in [0.717, 1.165) is 11.5 Å². The number of methoxy groups -OCH3 is 1. The molecule has 0 aliphatic rings. The summed E-state index contributed by atoms with van der Waals surface area (Å²) in [6.07, 6.45) is 0. The zero-order valence-corrected chi connectivity index (χ0v) is 8.39. The monoisotopic (exact) mass is 201 g/mol. The number of rotatable bonds is 4. The molecule has 1 aromatic rings. The molecule has 1 aromatic heterocycles. The SMILES string of the molecule is CCSCc1cc(C(=O)OC)no1. The fraction of sp³-hybridized carbons (Fsp3) is 0.500. The summed E-state index contributed by atoms with van der Waals surface area (Å²) < 4.78 is 9.40. The van der Waals surface area contributed by atoms with Gasteiger partial charge in [0.1, 0.15) is 5.76 Å². The van der Waals surface area contributed by atoms with Gasteiger partial charge in [-0.3, -0.25) is 0 Å². The van der Waals surface area contributed by atoms with Gasteiger partial charge in [0.2, 0.25) is 0 Å². The predicted octanol–water partition coefficient (Wildman–Crippen LogP) is 1.71. The van der Waals surface area contributed by atoms with Crippen LogP contribution >= 0.6 is 11.8 Å². The van der Waals surface area contributed by atoms with Crippen molar-refractivity contribution in [1.82, 2.24) is 5.16 Å². The Morgan fingerprint density at radius 1 is 1.77 bits per heavy atom. The molecule has 0 radical (unpaired) electrons. The van der Waals surface area contributed by atoms with E-state index in [4.69, 9.17) is 4.52 Å². The molecular weight excluding hydrogens is 190 g/mol. The molecular formula is C8H11NO3S. The van der Waals surface area contributed by atoms with Crippen LogP contribution in [0.2, 0.25) is 0 Å². The average Bonchev–Trinajstić information content (AvgIpc) is 2.62. The minimum absolute atomic E-state index is 0.231. The highest BCUT2D eigenvalue weighted by Crippen LogP contribution is 2.12. The first kappa shape index (κ1) is 10.1. The number of thioether (sulfide) groups is 1. The Bertz CT molecular complexity index is 285. The number of carbonyl (C=O) groups is 1. The number of carbonyl (C=O) groups excluding carboxylic acids is 1. The van der Waals surface area contributed by atoms with Crippen molar-refractivity contribution in [2.24, 2.45) is 0 Å². The summed E-state index contributed by atoms with van der Waals surface area (Å²) in [5.74, 6) is 1.98. The second-order valence-corrected chi connectivity index (χ2v) is 3.58. The van der Waals surface area contributed by atoms with Crippen molar-refractivity contribution in [3.8, 4) is 0 Å². The van der Waals surface area contributed by atoms with Gasteiger partial charge in [0.15, 0.2) is 5.69 Å². The van der Waals surface area contributed by atoms with Crippen molar-refractivity contribution in [2.45, 2.75) is 12.7 Å². The number of ether oxygens (including phenoxy) is 1. The molecule has 0 unspecified atom stereocenters. The molecule has 0 aliphatic carbocycles. The number of aromatic nitrogens is 1. The number of esters is 1. The fourth-order valence-corrected chi connectivity index (χ4v) is 1.33. The summed E-state index contributed by atoms with van der Waals surface area (Å²) in [5, 5.41) is 3.58. The van der Waals surface area contributed by atoms with Gasteiger partial charge in [0.25, 0.3) is 0 Å². The molecule has 13 heavy (non-hydrogen) atoms. The van der Waals surface area contributed by atoms with Gasteiger partial charge in [-0.1, -0.05) is 12.1 Å². The molecule has 0 fully saturated rings. The highest BCUT2D eigenvalue weighted by atomic mass is 32.2. The molecule has 0 bridgehead atoms. The zero-order chi connectivity index (χ0) is 9.68. The van der Waals surface area contributed by atoms with Gasteiger partial charge in [-0.25, -0.2) is 4.79 Å². The minimum Gasteiger partial charge on any atom is -0.464 e. The third-order valence-electron chi connectivity index (χ3n) is 1.40. The molecule has 0 N–H and O–H groups in total. The van der Waals surface area contributed by atoms with Crippen LogP contribution in [0.4, 0.5) is 0 Å². The molecule has 72 valence electrons. The van der Waals surface area contributed by atoms with Gasteiger partial charge in [0.05, 0.1) is 12.9 Å². The van der Waals surface area contributed by atoms with Crippen LogP contribution in [0.15, 0.2) is 10.6 Å². The van der Waals surface area contributed by atoms with Crippen LogP contribution in [-0.4, -0.2) is 24.0 Å². The summed E-state index contributed by atoms with van der Waals surface area (Å²) in [4.78, 5) is 10.9. The maximum absolute atomic E-state index is 10.9. The van der Waals surface area contributed by atoms with Crippen LogP contribution in [0.5, 0.6) is 0 Å². The first-order valence-electron chi connectivity index (χ1n) is 3.89. The molecule has 0 aromatic carbocycles.